The van der Waals surface area contributed by atoms with Crippen molar-refractivity contribution in [2.24, 2.45) is 0 Å². The van der Waals surface area contributed by atoms with Crippen LogP contribution < -0.4 is 5.32 Å². The van der Waals surface area contributed by atoms with Crippen LogP contribution >= 0.6 is 0 Å². The van der Waals surface area contributed by atoms with Crippen molar-refractivity contribution in [3.8, 4) is 0 Å². The van der Waals surface area contributed by atoms with E-state index in [0.29, 0.717) is 6.04 Å². The van der Waals surface area contributed by atoms with Crippen molar-refractivity contribution in [1.29, 1.82) is 0 Å². The predicted octanol–water partition coefficient (Wildman–Crippen LogP) is 2.59. The first-order valence-electron chi connectivity index (χ1n) is 6.24. The largest absolute Gasteiger partial charge is 0.380 e. The molecule has 0 aromatic carbocycles. The van der Waals surface area contributed by atoms with E-state index in [4.69, 9.17) is 4.74 Å². The molecule has 0 saturated heterocycles. The fraction of sp³-hybridized carbons (Fsp3) is 0.692. The summed E-state index contributed by atoms with van der Waals surface area (Å²) < 4.78 is 7.66. The molecule has 0 bridgehead atoms. The number of nitrogens with zero attached hydrogens (tertiary/aromatic N) is 1. The van der Waals surface area contributed by atoms with Gasteiger partial charge in [-0.15, -0.1) is 0 Å². The number of hydrogen-bond donors (Lipinski definition) is 1. The lowest BCUT2D eigenvalue weighted by Crippen LogP contribution is -2.17. The van der Waals surface area contributed by atoms with Crippen LogP contribution in [0, 0.1) is 0 Å². The van der Waals surface area contributed by atoms with Crippen LogP contribution in [0.1, 0.15) is 38.8 Å². The minimum absolute atomic E-state index is 0.433. The molecule has 1 atom stereocenters. The Kier molecular flexibility index (Phi) is 6.19. The molecule has 1 aromatic heterocycles. The summed E-state index contributed by atoms with van der Waals surface area (Å²) in [7, 11) is 0. The second kappa shape index (κ2) is 7.47. The van der Waals surface area contributed by atoms with E-state index in [1.54, 1.807) is 0 Å². The van der Waals surface area contributed by atoms with Crippen molar-refractivity contribution < 1.29 is 4.74 Å². The van der Waals surface area contributed by atoms with E-state index in [2.05, 4.69) is 49.1 Å². The Morgan fingerprint density at radius 3 is 2.88 bits per heavy atom. The highest BCUT2D eigenvalue weighted by Gasteiger charge is 2.04. The second-order valence-electron chi connectivity index (χ2n) is 4.07. The molecule has 0 radical (unpaired) electrons. The SMILES string of the molecule is CCCOCCn1ccc(C(C)NCC)c1. The fourth-order valence-electron chi connectivity index (χ4n) is 1.69. The summed E-state index contributed by atoms with van der Waals surface area (Å²) in [6.07, 6.45) is 5.41. The number of aromatic nitrogens is 1. The summed E-state index contributed by atoms with van der Waals surface area (Å²) in [5.41, 5.74) is 1.34. The van der Waals surface area contributed by atoms with E-state index in [0.717, 1.165) is 32.7 Å². The van der Waals surface area contributed by atoms with Crippen molar-refractivity contribution in [3.05, 3.63) is 24.0 Å². The van der Waals surface area contributed by atoms with E-state index in [9.17, 15) is 0 Å². The van der Waals surface area contributed by atoms with Gasteiger partial charge in [-0.25, -0.2) is 0 Å². The highest BCUT2D eigenvalue weighted by Crippen LogP contribution is 2.12. The highest BCUT2D eigenvalue weighted by molar-refractivity contribution is 5.14. The van der Waals surface area contributed by atoms with Gasteiger partial charge < -0.3 is 14.6 Å². The van der Waals surface area contributed by atoms with Crippen LogP contribution in [0.4, 0.5) is 0 Å². The molecule has 0 saturated carbocycles. The van der Waals surface area contributed by atoms with Gasteiger partial charge in [0.25, 0.3) is 0 Å². The van der Waals surface area contributed by atoms with Crippen LogP contribution in [0.5, 0.6) is 0 Å². The molecule has 0 aliphatic carbocycles. The summed E-state index contributed by atoms with van der Waals surface area (Å²) in [5, 5.41) is 3.41. The number of nitrogens with one attached hydrogen (secondary N) is 1. The molecule has 1 aromatic rings. The van der Waals surface area contributed by atoms with Gasteiger partial charge in [0.15, 0.2) is 0 Å². The summed E-state index contributed by atoms with van der Waals surface area (Å²) >= 11 is 0. The zero-order valence-corrected chi connectivity index (χ0v) is 10.7. The maximum atomic E-state index is 5.47. The van der Waals surface area contributed by atoms with Crippen LogP contribution in [0.15, 0.2) is 18.5 Å². The van der Waals surface area contributed by atoms with E-state index in [1.807, 2.05) is 0 Å². The van der Waals surface area contributed by atoms with Gasteiger partial charge >= 0.3 is 0 Å². The zero-order valence-electron chi connectivity index (χ0n) is 10.7. The maximum Gasteiger partial charge on any atom is 0.0645 e. The van der Waals surface area contributed by atoms with Crippen molar-refractivity contribution >= 4 is 0 Å². The highest BCUT2D eigenvalue weighted by atomic mass is 16.5. The Labute approximate surface area is 98.8 Å². The Balaban J connectivity index is 2.33. The number of ether oxygens (including phenoxy) is 1. The lowest BCUT2D eigenvalue weighted by Gasteiger charge is -2.10. The summed E-state index contributed by atoms with van der Waals surface area (Å²) in [6.45, 7) is 10.1. The third-order valence-corrected chi connectivity index (χ3v) is 2.63. The molecule has 1 heterocycles. The first-order chi connectivity index (χ1) is 7.77. The smallest absolute Gasteiger partial charge is 0.0645 e. The monoisotopic (exact) mass is 224 g/mol. The lowest BCUT2D eigenvalue weighted by atomic mass is 10.2. The predicted molar refractivity (Wildman–Crippen MR) is 67.6 cm³/mol. The van der Waals surface area contributed by atoms with Gasteiger partial charge in [-0.1, -0.05) is 13.8 Å². The first-order valence-corrected chi connectivity index (χ1v) is 6.24. The van der Waals surface area contributed by atoms with Crippen LogP contribution in [0.25, 0.3) is 0 Å². The van der Waals surface area contributed by atoms with E-state index in [1.165, 1.54) is 5.56 Å². The summed E-state index contributed by atoms with van der Waals surface area (Å²) in [6, 6.07) is 2.61. The van der Waals surface area contributed by atoms with Crippen molar-refractivity contribution in [2.75, 3.05) is 19.8 Å². The van der Waals surface area contributed by atoms with Gasteiger partial charge in [-0.3, -0.25) is 0 Å². The van der Waals surface area contributed by atoms with Crippen molar-refractivity contribution in [2.45, 2.75) is 39.8 Å². The number of hydrogen-bond acceptors (Lipinski definition) is 2. The minimum atomic E-state index is 0.433. The molecule has 0 amide bonds. The van der Waals surface area contributed by atoms with Crippen LogP contribution in [0.3, 0.4) is 0 Å². The number of rotatable bonds is 8. The molecule has 1 N–H and O–H groups in total. The van der Waals surface area contributed by atoms with Gasteiger partial charge in [-0.05, 0) is 31.5 Å². The van der Waals surface area contributed by atoms with Gasteiger partial charge in [0, 0.05) is 31.6 Å². The average molecular weight is 224 g/mol. The molecule has 3 heteroatoms. The molecular weight excluding hydrogens is 200 g/mol. The molecule has 0 aliphatic rings. The molecule has 1 unspecified atom stereocenters. The molecule has 3 nitrogen and oxygen atoms in total. The van der Waals surface area contributed by atoms with E-state index >= 15 is 0 Å². The summed E-state index contributed by atoms with van der Waals surface area (Å²) in [4.78, 5) is 0. The van der Waals surface area contributed by atoms with E-state index < -0.39 is 0 Å². The summed E-state index contributed by atoms with van der Waals surface area (Å²) in [5.74, 6) is 0. The van der Waals surface area contributed by atoms with Crippen LogP contribution in [-0.4, -0.2) is 24.3 Å². The fourth-order valence-corrected chi connectivity index (χ4v) is 1.69. The van der Waals surface area contributed by atoms with Gasteiger partial charge in [0.05, 0.1) is 6.61 Å². The molecule has 1 rings (SSSR count). The van der Waals surface area contributed by atoms with Crippen molar-refractivity contribution in [1.82, 2.24) is 9.88 Å². The topological polar surface area (TPSA) is 26.2 Å². The maximum absolute atomic E-state index is 5.47. The Hall–Kier alpha value is -0.800. The van der Waals surface area contributed by atoms with Crippen LogP contribution in [-0.2, 0) is 11.3 Å². The zero-order chi connectivity index (χ0) is 11.8. The Morgan fingerprint density at radius 1 is 1.38 bits per heavy atom. The standard InChI is InChI=1S/C13H24N2O/c1-4-9-16-10-8-15-7-6-13(11-15)12(3)14-5-2/h6-7,11-12,14H,4-5,8-10H2,1-3H3. The lowest BCUT2D eigenvalue weighted by molar-refractivity contribution is 0.127. The van der Waals surface area contributed by atoms with Crippen molar-refractivity contribution in [3.63, 3.8) is 0 Å². The molecule has 0 aliphatic heterocycles. The first kappa shape index (κ1) is 13.3. The Bertz CT molecular complexity index is 283. The third-order valence-electron chi connectivity index (χ3n) is 2.63. The molecular formula is C13H24N2O. The van der Waals surface area contributed by atoms with E-state index in [-0.39, 0.29) is 0 Å². The van der Waals surface area contributed by atoms with Crippen LogP contribution in [0.2, 0.25) is 0 Å². The minimum Gasteiger partial charge on any atom is -0.380 e. The average Bonchev–Trinajstić information content (AvgIpc) is 2.73. The molecule has 16 heavy (non-hydrogen) atoms. The van der Waals surface area contributed by atoms with Gasteiger partial charge in [0.1, 0.15) is 0 Å². The van der Waals surface area contributed by atoms with Gasteiger partial charge in [0.2, 0.25) is 0 Å². The Morgan fingerprint density at radius 2 is 2.19 bits per heavy atom. The second-order valence-corrected chi connectivity index (χ2v) is 4.07. The quantitative estimate of drug-likeness (QED) is 0.687. The van der Waals surface area contributed by atoms with Gasteiger partial charge in [-0.2, -0.15) is 0 Å². The third kappa shape index (κ3) is 4.37. The molecule has 0 fully saturated rings. The molecule has 92 valence electrons. The molecule has 0 spiro atoms. The normalized spacial score (nSPS) is 12.9.